The molecule has 248 valence electrons. The van der Waals surface area contributed by atoms with Crippen molar-refractivity contribution in [3.63, 3.8) is 0 Å². The van der Waals surface area contributed by atoms with Gasteiger partial charge in [-0.3, -0.25) is 0 Å². The van der Waals surface area contributed by atoms with Crippen LogP contribution < -0.4 is 0 Å². The molecule has 0 saturated heterocycles. The van der Waals surface area contributed by atoms with Gasteiger partial charge in [-0.25, -0.2) is 0 Å². The van der Waals surface area contributed by atoms with E-state index in [1.54, 1.807) is 0 Å². The van der Waals surface area contributed by atoms with Crippen LogP contribution in [0.25, 0.3) is 43.1 Å². The highest BCUT2D eigenvalue weighted by Crippen LogP contribution is 2.63. The first-order chi connectivity index (χ1) is 24.0. The summed E-state index contributed by atoms with van der Waals surface area (Å²) in [4.78, 5) is 2.70. The van der Waals surface area contributed by atoms with Crippen molar-refractivity contribution in [3.05, 3.63) is 138 Å². The first-order valence-electron chi connectivity index (χ1n) is 18.1. The van der Waals surface area contributed by atoms with E-state index in [4.69, 9.17) is 0 Å². The molecule has 2 aromatic heterocycles. The molecule has 0 aliphatic heterocycles. The quantitative estimate of drug-likeness (QED) is 0.108. The van der Waals surface area contributed by atoms with E-state index in [-0.39, 0.29) is 5.41 Å². The number of rotatable bonds is 12. The fourth-order valence-electron chi connectivity index (χ4n) is 8.37. The predicted molar refractivity (Wildman–Crippen MR) is 220 cm³/mol. The van der Waals surface area contributed by atoms with E-state index in [9.17, 15) is 0 Å². The van der Waals surface area contributed by atoms with E-state index in [0.29, 0.717) is 0 Å². The third-order valence-electron chi connectivity index (χ3n) is 10.8. The van der Waals surface area contributed by atoms with E-state index in [1.807, 2.05) is 22.7 Å². The monoisotopic (exact) mass is 804 g/mol. The second kappa shape index (κ2) is 14.1. The SMILES string of the molecule is CCCCCCc1cc(-c2ccc3c(c2)C2(c4ccccc4-3)c3ccccc3-c3ccc(-c4cc(CCCCCC)c(Br)s4)cc32)sc1Br. The zero-order valence-electron chi connectivity index (χ0n) is 28.4. The number of fused-ring (bicyclic) bond motifs is 10. The Morgan fingerprint density at radius 2 is 0.898 bits per heavy atom. The lowest BCUT2D eigenvalue weighted by molar-refractivity contribution is 0.667. The molecule has 2 aliphatic carbocycles. The Morgan fingerprint density at radius 3 is 1.35 bits per heavy atom. The summed E-state index contributed by atoms with van der Waals surface area (Å²) in [5.41, 5.74) is 16.2. The van der Waals surface area contributed by atoms with Crippen molar-refractivity contribution >= 4 is 54.5 Å². The summed E-state index contributed by atoms with van der Waals surface area (Å²) < 4.78 is 2.57. The fraction of sp³-hybridized carbons (Fsp3) is 0.289. The topological polar surface area (TPSA) is 0 Å². The molecule has 0 atom stereocenters. The highest BCUT2D eigenvalue weighted by atomic mass is 79.9. The molecule has 0 amide bonds. The summed E-state index contributed by atoms with van der Waals surface area (Å²) in [6, 6.07) is 37.8. The molecule has 0 bridgehead atoms. The van der Waals surface area contributed by atoms with Crippen molar-refractivity contribution in [2.24, 2.45) is 0 Å². The number of benzene rings is 4. The second-order valence-electron chi connectivity index (χ2n) is 13.8. The molecule has 1 spiro atoms. The molecule has 0 nitrogen and oxygen atoms in total. The molecular formula is C45H42Br2S2. The summed E-state index contributed by atoms with van der Waals surface area (Å²) >= 11 is 11.7. The van der Waals surface area contributed by atoms with Gasteiger partial charge in [0.1, 0.15) is 0 Å². The minimum absolute atomic E-state index is 0.362. The smallest absolute Gasteiger partial charge is 0.0737 e. The predicted octanol–water partition coefficient (Wildman–Crippen LogP) is 15.3. The fourth-order valence-corrected chi connectivity index (χ4v) is 11.9. The van der Waals surface area contributed by atoms with Gasteiger partial charge in [0.25, 0.3) is 0 Å². The molecule has 4 aromatic carbocycles. The van der Waals surface area contributed by atoms with Crippen molar-refractivity contribution in [1.29, 1.82) is 0 Å². The standard InChI is InChI=1S/C45H42Br2S2/c1-3-5-7-9-15-31-27-41(48-43(31)46)29-21-23-35-33-17-11-13-19-37(33)45(39(35)25-29)38-20-14-12-18-34(38)36-24-22-30(26-40(36)45)42-28-32(44(47)49-42)16-10-8-6-4-2/h11-14,17-28H,3-10,15-16H2,1-2H3. The lowest BCUT2D eigenvalue weighted by Gasteiger charge is -2.31. The zero-order chi connectivity index (χ0) is 33.5. The van der Waals surface area contributed by atoms with Gasteiger partial charge in [-0.05, 0) is 149 Å². The summed E-state index contributed by atoms with van der Waals surface area (Å²) in [6.07, 6.45) is 12.6. The molecule has 2 aliphatic rings. The highest BCUT2D eigenvalue weighted by Gasteiger charge is 2.51. The Balaban J connectivity index is 1.27. The van der Waals surface area contributed by atoms with E-state index >= 15 is 0 Å². The summed E-state index contributed by atoms with van der Waals surface area (Å²) in [5, 5.41) is 0. The van der Waals surface area contributed by atoms with Crippen molar-refractivity contribution in [2.45, 2.75) is 83.5 Å². The maximum atomic E-state index is 3.95. The number of halogens is 2. The molecule has 8 rings (SSSR count). The molecular weight excluding hydrogens is 764 g/mol. The van der Waals surface area contributed by atoms with E-state index in [2.05, 4.69) is 143 Å². The highest BCUT2D eigenvalue weighted by molar-refractivity contribution is 9.11. The van der Waals surface area contributed by atoms with Gasteiger partial charge in [0, 0.05) is 9.75 Å². The Bertz CT molecular complexity index is 1990. The third kappa shape index (κ3) is 5.75. The normalized spacial score (nSPS) is 13.5. The molecule has 2 heterocycles. The summed E-state index contributed by atoms with van der Waals surface area (Å²) in [5.74, 6) is 0. The Hall–Kier alpha value is -2.76. The molecule has 49 heavy (non-hydrogen) atoms. The number of unbranched alkanes of at least 4 members (excludes halogenated alkanes) is 6. The van der Waals surface area contributed by atoms with Crippen LogP contribution in [0.4, 0.5) is 0 Å². The minimum Gasteiger partial charge on any atom is -0.128 e. The summed E-state index contributed by atoms with van der Waals surface area (Å²) in [7, 11) is 0. The van der Waals surface area contributed by atoms with Crippen LogP contribution in [-0.2, 0) is 18.3 Å². The van der Waals surface area contributed by atoms with Gasteiger partial charge in [-0.1, -0.05) is 125 Å². The van der Waals surface area contributed by atoms with Crippen LogP contribution in [0, 0.1) is 0 Å². The van der Waals surface area contributed by atoms with Crippen molar-refractivity contribution in [3.8, 4) is 43.1 Å². The maximum Gasteiger partial charge on any atom is 0.0737 e. The molecule has 0 fully saturated rings. The molecule has 0 saturated carbocycles. The Labute approximate surface area is 316 Å². The van der Waals surface area contributed by atoms with Gasteiger partial charge in [0.2, 0.25) is 0 Å². The molecule has 0 radical (unpaired) electrons. The van der Waals surface area contributed by atoms with Crippen molar-refractivity contribution in [1.82, 2.24) is 0 Å². The maximum absolute atomic E-state index is 3.95. The first-order valence-corrected chi connectivity index (χ1v) is 21.3. The number of hydrogen-bond acceptors (Lipinski definition) is 2. The van der Waals surface area contributed by atoms with Crippen LogP contribution in [0.3, 0.4) is 0 Å². The zero-order valence-corrected chi connectivity index (χ0v) is 33.2. The number of thiophene rings is 2. The number of hydrogen-bond donors (Lipinski definition) is 0. The van der Waals surface area contributed by atoms with Crippen LogP contribution in [0.1, 0.15) is 98.6 Å². The Morgan fingerprint density at radius 1 is 0.469 bits per heavy atom. The Kier molecular flexibility index (Phi) is 9.61. The first kappa shape index (κ1) is 33.4. The largest absolute Gasteiger partial charge is 0.128 e. The second-order valence-corrected chi connectivity index (χ2v) is 18.5. The van der Waals surface area contributed by atoms with E-state index in [1.165, 1.54) is 135 Å². The van der Waals surface area contributed by atoms with Crippen LogP contribution in [0.5, 0.6) is 0 Å². The van der Waals surface area contributed by atoms with Gasteiger partial charge in [-0.2, -0.15) is 0 Å². The molecule has 0 unspecified atom stereocenters. The number of aryl methyl sites for hydroxylation is 2. The molecule has 0 N–H and O–H groups in total. The average molecular weight is 807 g/mol. The average Bonchev–Trinajstić information content (AvgIpc) is 3.86. The molecule has 4 heteroatoms. The van der Waals surface area contributed by atoms with Crippen LogP contribution in [0.2, 0.25) is 0 Å². The van der Waals surface area contributed by atoms with E-state index < -0.39 is 0 Å². The summed E-state index contributed by atoms with van der Waals surface area (Å²) in [6.45, 7) is 4.57. The van der Waals surface area contributed by atoms with Gasteiger partial charge < -0.3 is 0 Å². The van der Waals surface area contributed by atoms with Gasteiger partial charge in [0.15, 0.2) is 0 Å². The van der Waals surface area contributed by atoms with Crippen LogP contribution in [-0.4, -0.2) is 0 Å². The van der Waals surface area contributed by atoms with Gasteiger partial charge >= 0.3 is 0 Å². The lowest BCUT2D eigenvalue weighted by atomic mass is 9.70. The van der Waals surface area contributed by atoms with Crippen LogP contribution in [0.15, 0.2) is 105 Å². The van der Waals surface area contributed by atoms with Gasteiger partial charge in [-0.15, -0.1) is 22.7 Å². The lowest BCUT2D eigenvalue weighted by Crippen LogP contribution is -2.26. The van der Waals surface area contributed by atoms with Gasteiger partial charge in [0.05, 0.1) is 13.0 Å². The van der Waals surface area contributed by atoms with Crippen molar-refractivity contribution < 1.29 is 0 Å². The van der Waals surface area contributed by atoms with Crippen LogP contribution >= 0.6 is 54.5 Å². The van der Waals surface area contributed by atoms with E-state index in [0.717, 1.165) is 12.8 Å². The molecule has 6 aromatic rings. The minimum atomic E-state index is -0.362. The van der Waals surface area contributed by atoms with Crippen molar-refractivity contribution in [2.75, 3.05) is 0 Å². The third-order valence-corrected chi connectivity index (χ3v) is 14.8.